The number of anilines is 1. The lowest BCUT2D eigenvalue weighted by Gasteiger charge is -2.15. The van der Waals surface area contributed by atoms with Gasteiger partial charge in [0.2, 0.25) is 5.88 Å². The number of fused-ring (bicyclic) bond motifs is 1. The first-order valence-electron chi connectivity index (χ1n) is 9.28. The fourth-order valence-electron chi connectivity index (χ4n) is 2.97. The van der Waals surface area contributed by atoms with Gasteiger partial charge >= 0.3 is 4.87 Å². The third kappa shape index (κ3) is 4.78. The molecule has 0 atom stereocenters. The van der Waals surface area contributed by atoms with Gasteiger partial charge < -0.3 is 14.7 Å². The lowest BCUT2D eigenvalue weighted by molar-refractivity contribution is 0.312. The molecule has 0 bridgehead atoms. The first-order valence-corrected chi connectivity index (χ1v) is 10.9. The molecule has 29 heavy (non-hydrogen) atoms. The molecule has 2 aromatic carbocycles. The number of aromatic nitrogens is 2. The largest absolute Gasteiger partial charge is 0.494 e. The molecule has 0 spiro atoms. The van der Waals surface area contributed by atoms with Crippen molar-refractivity contribution in [1.29, 1.82) is 0 Å². The molecule has 0 unspecified atom stereocenters. The second-order valence-corrected chi connectivity index (χ2v) is 8.77. The number of para-hydroxylation sites is 1. The van der Waals surface area contributed by atoms with Crippen molar-refractivity contribution < 1.29 is 9.84 Å². The van der Waals surface area contributed by atoms with Gasteiger partial charge in [0.15, 0.2) is 5.13 Å². The Bertz CT molecular complexity index is 1110. The minimum absolute atomic E-state index is 0.0439. The molecule has 0 fully saturated rings. The summed E-state index contributed by atoms with van der Waals surface area (Å²) >= 11 is 2.73. The van der Waals surface area contributed by atoms with Gasteiger partial charge in [-0.1, -0.05) is 46.9 Å². The summed E-state index contributed by atoms with van der Waals surface area (Å²) in [5.74, 6) is 0.764. The predicted molar refractivity (Wildman–Crippen MR) is 119 cm³/mol. The quantitative estimate of drug-likeness (QED) is 0.411. The molecule has 0 aliphatic heterocycles. The third-order valence-corrected chi connectivity index (χ3v) is 6.53. The highest BCUT2D eigenvalue weighted by Crippen LogP contribution is 2.28. The summed E-state index contributed by atoms with van der Waals surface area (Å²) in [5, 5.41) is 10.7. The molecule has 0 aliphatic rings. The van der Waals surface area contributed by atoms with Gasteiger partial charge in [-0.2, -0.15) is 0 Å². The van der Waals surface area contributed by atoms with Gasteiger partial charge in [0.25, 0.3) is 0 Å². The zero-order valence-electron chi connectivity index (χ0n) is 15.9. The zero-order chi connectivity index (χ0) is 20.2. The number of nitrogens with zero attached hydrogens (tertiary/aromatic N) is 2. The van der Waals surface area contributed by atoms with Crippen molar-refractivity contribution in [3.05, 3.63) is 68.6 Å². The van der Waals surface area contributed by atoms with Gasteiger partial charge in [0.05, 0.1) is 21.7 Å². The van der Waals surface area contributed by atoms with Gasteiger partial charge in [-0.3, -0.25) is 9.78 Å². The average molecular weight is 428 g/mol. The average Bonchev–Trinajstić information content (AvgIpc) is 3.29. The van der Waals surface area contributed by atoms with E-state index in [-0.39, 0.29) is 10.8 Å². The topological polar surface area (TPSA) is 78.5 Å². The number of nitrogens with one attached hydrogen (secondary N) is 1. The highest BCUT2D eigenvalue weighted by Gasteiger charge is 2.09. The summed E-state index contributed by atoms with van der Waals surface area (Å²) in [6.45, 7) is 1.48. The molecule has 0 radical (unpaired) electrons. The number of aromatic amines is 1. The Kier molecular flexibility index (Phi) is 5.82. The van der Waals surface area contributed by atoms with Crippen molar-refractivity contribution in [3.63, 3.8) is 0 Å². The Morgan fingerprint density at radius 1 is 1.14 bits per heavy atom. The van der Waals surface area contributed by atoms with Gasteiger partial charge in [-0.05, 0) is 36.2 Å². The molecule has 2 heterocycles. The van der Waals surface area contributed by atoms with Crippen molar-refractivity contribution >= 4 is 38.0 Å². The minimum atomic E-state index is -0.242. The van der Waals surface area contributed by atoms with Crippen molar-refractivity contribution in [1.82, 2.24) is 9.97 Å². The SMILES string of the molecule is CN(CCCOc1ccc(Cc2sc(=O)[nH]c2O)cc1)c1nc2ccccc2s1. The van der Waals surface area contributed by atoms with Crippen LogP contribution in [-0.4, -0.2) is 35.3 Å². The maximum absolute atomic E-state index is 11.3. The van der Waals surface area contributed by atoms with E-state index >= 15 is 0 Å². The number of rotatable bonds is 8. The molecule has 150 valence electrons. The molecule has 0 saturated carbocycles. The summed E-state index contributed by atoms with van der Waals surface area (Å²) in [5.41, 5.74) is 2.05. The van der Waals surface area contributed by atoms with Crippen molar-refractivity contribution in [2.24, 2.45) is 0 Å². The second-order valence-electron chi connectivity index (χ2n) is 6.69. The van der Waals surface area contributed by atoms with Crippen LogP contribution < -0.4 is 14.5 Å². The van der Waals surface area contributed by atoms with Gasteiger partial charge in [0.1, 0.15) is 5.75 Å². The van der Waals surface area contributed by atoms with E-state index in [1.54, 1.807) is 11.3 Å². The Morgan fingerprint density at radius 2 is 1.93 bits per heavy atom. The standard InChI is InChI=1S/C21H21N3O3S2/c1-24(20-22-16-5-2-3-6-17(16)28-20)11-4-12-27-15-9-7-14(8-10-15)13-18-19(25)23-21(26)29-18/h2-3,5-10,25H,4,11-13H2,1H3,(H,23,26). The molecule has 4 aromatic rings. The van der Waals surface area contributed by atoms with Crippen LogP contribution in [0.1, 0.15) is 16.9 Å². The van der Waals surface area contributed by atoms with E-state index in [9.17, 15) is 9.90 Å². The monoisotopic (exact) mass is 427 g/mol. The highest BCUT2D eigenvalue weighted by molar-refractivity contribution is 7.22. The molecule has 0 amide bonds. The predicted octanol–water partition coefficient (Wildman–Crippen LogP) is 4.25. The van der Waals surface area contributed by atoms with Crippen LogP contribution in [-0.2, 0) is 6.42 Å². The Balaban J connectivity index is 1.25. The molecule has 2 aromatic heterocycles. The van der Waals surface area contributed by atoms with Crippen LogP contribution in [0.5, 0.6) is 11.6 Å². The smallest absolute Gasteiger partial charge is 0.307 e. The summed E-state index contributed by atoms with van der Waals surface area (Å²) in [6, 6.07) is 15.9. The Morgan fingerprint density at radius 3 is 2.66 bits per heavy atom. The van der Waals surface area contributed by atoms with E-state index in [0.29, 0.717) is 17.9 Å². The third-order valence-electron chi connectivity index (χ3n) is 4.50. The van der Waals surface area contributed by atoms with Crippen LogP contribution in [0.15, 0.2) is 53.3 Å². The maximum Gasteiger partial charge on any atom is 0.307 e. The van der Waals surface area contributed by atoms with Crippen molar-refractivity contribution in [2.45, 2.75) is 12.8 Å². The normalized spacial score (nSPS) is 11.1. The molecule has 0 saturated heterocycles. The van der Waals surface area contributed by atoms with E-state index in [1.165, 1.54) is 4.70 Å². The number of thiazole rings is 2. The fourth-order valence-corrected chi connectivity index (χ4v) is 4.68. The zero-order valence-corrected chi connectivity index (χ0v) is 17.6. The van der Waals surface area contributed by atoms with Crippen LogP contribution in [0.25, 0.3) is 10.2 Å². The van der Waals surface area contributed by atoms with Crippen molar-refractivity contribution in [3.8, 4) is 11.6 Å². The number of hydrogen-bond acceptors (Lipinski definition) is 7. The highest BCUT2D eigenvalue weighted by atomic mass is 32.1. The van der Waals surface area contributed by atoms with Crippen LogP contribution in [0.2, 0.25) is 0 Å². The summed E-state index contributed by atoms with van der Waals surface area (Å²) in [7, 11) is 2.05. The lowest BCUT2D eigenvalue weighted by atomic mass is 10.1. The minimum Gasteiger partial charge on any atom is -0.494 e. The molecule has 6 nitrogen and oxygen atoms in total. The number of H-pyrrole nitrogens is 1. The molecular formula is C21H21N3O3S2. The van der Waals surface area contributed by atoms with E-state index in [1.807, 2.05) is 42.5 Å². The number of aromatic hydroxyl groups is 1. The van der Waals surface area contributed by atoms with Gasteiger partial charge in [0, 0.05) is 20.0 Å². The Labute approximate surface area is 176 Å². The van der Waals surface area contributed by atoms with Crippen LogP contribution in [0.3, 0.4) is 0 Å². The van der Waals surface area contributed by atoms with Crippen LogP contribution in [0.4, 0.5) is 5.13 Å². The summed E-state index contributed by atoms with van der Waals surface area (Å²) in [6.07, 6.45) is 1.40. The van der Waals surface area contributed by atoms with Gasteiger partial charge in [-0.15, -0.1) is 0 Å². The van der Waals surface area contributed by atoms with Crippen LogP contribution in [0, 0.1) is 0 Å². The van der Waals surface area contributed by atoms with E-state index in [2.05, 4.69) is 28.0 Å². The summed E-state index contributed by atoms with van der Waals surface area (Å²) < 4.78 is 7.04. The molecule has 4 rings (SSSR count). The molecule has 8 heteroatoms. The Hall–Kier alpha value is -2.84. The molecular weight excluding hydrogens is 406 g/mol. The maximum atomic E-state index is 11.3. The second kappa shape index (κ2) is 8.67. The summed E-state index contributed by atoms with van der Waals surface area (Å²) in [4.78, 5) is 20.9. The first kappa shape index (κ1) is 19.5. The number of benzene rings is 2. The van der Waals surface area contributed by atoms with E-state index < -0.39 is 0 Å². The molecule has 2 N–H and O–H groups in total. The van der Waals surface area contributed by atoms with Crippen molar-refractivity contribution in [2.75, 3.05) is 25.1 Å². The van der Waals surface area contributed by atoms with Crippen LogP contribution >= 0.6 is 22.7 Å². The number of hydrogen-bond donors (Lipinski definition) is 2. The first-order chi connectivity index (χ1) is 14.1. The molecule has 0 aliphatic carbocycles. The van der Waals surface area contributed by atoms with Gasteiger partial charge in [-0.25, -0.2) is 4.98 Å². The van der Waals surface area contributed by atoms with E-state index in [4.69, 9.17) is 4.74 Å². The fraction of sp³-hybridized carbons (Fsp3) is 0.238. The number of ether oxygens (including phenoxy) is 1. The van der Waals surface area contributed by atoms with E-state index in [0.717, 1.165) is 46.3 Å². The lowest BCUT2D eigenvalue weighted by Crippen LogP contribution is -2.20.